The number of aliphatic imine (C=N–C) groups is 1. The van der Waals surface area contributed by atoms with Crippen molar-refractivity contribution in [1.29, 1.82) is 0 Å². The van der Waals surface area contributed by atoms with Gasteiger partial charge in [-0.2, -0.15) is 0 Å². The number of amidine groups is 1. The molecule has 0 spiro atoms. The van der Waals surface area contributed by atoms with Crippen molar-refractivity contribution in [2.24, 2.45) is 4.99 Å². The van der Waals surface area contributed by atoms with Crippen molar-refractivity contribution in [2.75, 3.05) is 5.75 Å². The highest BCUT2D eigenvalue weighted by Gasteiger charge is 2.45. The molecule has 0 radical (unpaired) electrons. The monoisotopic (exact) mass is 298 g/mol. The maximum absolute atomic E-state index is 4.98. The Morgan fingerprint density at radius 1 is 1.33 bits per heavy atom. The van der Waals surface area contributed by atoms with Gasteiger partial charge in [0.15, 0.2) is 5.17 Å². The van der Waals surface area contributed by atoms with Crippen molar-refractivity contribution >= 4 is 16.9 Å². The molecule has 5 heteroatoms. The fraction of sp³-hybridized carbons (Fsp3) is 0.375. The number of nitrogens with zero attached hydrogens (tertiary/aromatic N) is 3. The first-order valence-electron chi connectivity index (χ1n) is 7.41. The molecule has 2 aromatic rings. The van der Waals surface area contributed by atoms with E-state index in [9.17, 15) is 0 Å². The van der Waals surface area contributed by atoms with Gasteiger partial charge in [0, 0.05) is 29.9 Å². The predicted molar refractivity (Wildman–Crippen MR) is 86.3 cm³/mol. The Kier molecular flexibility index (Phi) is 3.22. The van der Waals surface area contributed by atoms with E-state index in [1.807, 2.05) is 36.3 Å². The standard InChI is InChI=1S/C16H18N4S/c1-2-11-10-21-16-19-14(12-6-3-4-8-17-12)15(20(11)16)13-7-5-9-18-13/h3-9,11,14-15,18H,2,10H2,1H3/t11-,14+,15-/m1/s1. The van der Waals surface area contributed by atoms with Crippen molar-refractivity contribution in [3.05, 3.63) is 54.1 Å². The van der Waals surface area contributed by atoms with Crippen LogP contribution in [0.1, 0.15) is 36.8 Å². The highest BCUT2D eigenvalue weighted by atomic mass is 32.2. The Morgan fingerprint density at radius 2 is 2.29 bits per heavy atom. The van der Waals surface area contributed by atoms with Crippen molar-refractivity contribution in [3.8, 4) is 0 Å². The molecular weight excluding hydrogens is 280 g/mol. The summed E-state index contributed by atoms with van der Waals surface area (Å²) in [6.45, 7) is 2.26. The second-order valence-electron chi connectivity index (χ2n) is 5.46. The maximum Gasteiger partial charge on any atom is 0.160 e. The first-order valence-corrected chi connectivity index (χ1v) is 8.40. The first-order chi connectivity index (χ1) is 10.4. The molecule has 4 nitrogen and oxygen atoms in total. The van der Waals surface area contributed by atoms with E-state index in [-0.39, 0.29) is 12.1 Å². The molecule has 3 atom stereocenters. The van der Waals surface area contributed by atoms with Gasteiger partial charge in [-0.15, -0.1) is 0 Å². The number of aromatic amines is 1. The largest absolute Gasteiger partial charge is 0.363 e. The van der Waals surface area contributed by atoms with Gasteiger partial charge in [0.1, 0.15) is 6.04 Å². The van der Waals surface area contributed by atoms with E-state index in [1.54, 1.807) is 0 Å². The van der Waals surface area contributed by atoms with Gasteiger partial charge in [0.2, 0.25) is 0 Å². The van der Waals surface area contributed by atoms with Crippen LogP contribution in [0.4, 0.5) is 0 Å². The van der Waals surface area contributed by atoms with E-state index >= 15 is 0 Å². The van der Waals surface area contributed by atoms with Gasteiger partial charge in [0.05, 0.1) is 11.7 Å². The molecule has 0 unspecified atom stereocenters. The smallest absolute Gasteiger partial charge is 0.160 e. The quantitative estimate of drug-likeness (QED) is 0.944. The van der Waals surface area contributed by atoms with Crippen LogP contribution in [0.15, 0.2) is 47.7 Å². The molecule has 21 heavy (non-hydrogen) atoms. The number of hydrogen-bond donors (Lipinski definition) is 1. The third kappa shape index (κ3) is 2.07. The molecule has 0 amide bonds. The Labute approximate surface area is 128 Å². The van der Waals surface area contributed by atoms with Gasteiger partial charge in [-0.3, -0.25) is 9.98 Å². The minimum absolute atomic E-state index is 0.0849. The summed E-state index contributed by atoms with van der Waals surface area (Å²) < 4.78 is 0. The maximum atomic E-state index is 4.98. The van der Waals surface area contributed by atoms with Crippen LogP contribution in [0, 0.1) is 0 Å². The average Bonchev–Trinajstić information content (AvgIpc) is 3.23. The molecule has 0 aliphatic carbocycles. The van der Waals surface area contributed by atoms with Crippen LogP contribution in [0.25, 0.3) is 0 Å². The average molecular weight is 298 g/mol. The number of nitrogens with one attached hydrogen (secondary N) is 1. The zero-order valence-corrected chi connectivity index (χ0v) is 12.8. The van der Waals surface area contributed by atoms with Crippen LogP contribution in [0.3, 0.4) is 0 Å². The fourth-order valence-corrected chi connectivity index (χ4v) is 4.55. The lowest BCUT2D eigenvalue weighted by Gasteiger charge is -2.30. The fourth-order valence-electron chi connectivity index (χ4n) is 3.21. The number of fused-ring (bicyclic) bond motifs is 1. The molecule has 4 heterocycles. The number of aromatic nitrogens is 2. The molecular formula is C16H18N4S. The lowest BCUT2D eigenvalue weighted by atomic mass is 10.00. The molecule has 4 rings (SSSR count). The van der Waals surface area contributed by atoms with Crippen LogP contribution in [-0.4, -0.2) is 31.8 Å². The van der Waals surface area contributed by atoms with Gasteiger partial charge < -0.3 is 9.88 Å². The van der Waals surface area contributed by atoms with E-state index < -0.39 is 0 Å². The molecule has 0 aromatic carbocycles. The number of hydrogen-bond acceptors (Lipinski definition) is 4. The summed E-state index contributed by atoms with van der Waals surface area (Å²) in [7, 11) is 0. The molecule has 1 fully saturated rings. The SMILES string of the molecule is CC[C@@H]1CSC2=N[C@@H](c3ccccn3)[C@@H](c3ccc[nH]3)N21. The summed E-state index contributed by atoms with van der Waals surface area (Å²) in [5, 5.41) is 1.18. The van der Waals surface area contributed by atoms with E-state index in [0.717, 1.165) is 17.9 Å². The van der Waals surface area contributed by atoms with Crippen molar-refractivity contribution in [1.82, 2.24) is 14.9 Å². The van der Waals surface area contributed by atoms with Crippen molar-refractivity contribution in [2.45, 2.75) is 31.5 Å². The van der Waals surface area contributed by atoms with Gasteiger partial charge >= 0.3 is 0 Å². The summed E-state index contributed by atoms with van der Waals surface area (Å²) >= 11 is 1.88. The summed E-state index contributed by atoms with van der Waals surface area (Å²) in [4.78, 5) is 15.4. The Bertz CT molecular complexity index is 638. The van der Waals surface area contributed by atoms with Crippen LogP contribution in [-0.2, 0) is 0 Å². The lowest BCUT2D eigenvalue weighted by molar-refractivity contribution is 0.251. The van der Waals surface area contributed by atoms with Gasteiger partial charge in [-0.1, -0.05) is 24.8 Å². The molecule has 2 aliphatic heterocycles. The Balaban J connectivity index is 1.78. The predicted octanol–water partition coefficient (Wildman–Crippen LogP) is 3.39. The summed E-state index contributed by atoms with van der Waals surface area (Å²) in [5.41, 5.74) is 2.28. The van der Waals surface area contributed by atoms with Gasteiger partial charge in [0.25, 0.3) is 0 Å². The molecule has 0 bridgehead atoms. The third-order valence-electron chi connectivity index (χ3n) is 4.27. The van der Waals surface area contributed by atoms with Crippen molar-refractivity contribution in [3.63, 3.8) is 0 Å². The zero-order valence-electron chi connectivity index (χ0n) is 11.9. The molecule has 1 saturated heterocycles. The van der Waals surface area contributed by atoms with Crippen LogP contribution in [0.5, 0.6) is 0 Å². The van der Waals surface area contributed by atoms with Crippen molar-refractivity contribution < 1.29 is 0 Å². The third-order valence-corrected chi connectivity index (χ3v) is 5.40. The molecule has 2 aromatic heterocycles. The highest BCUT2D eigenvalue weighted by Crippen LogP contribution is 2.47. The van der Waals surface area contributed by atoms with E-state index in [0.29, 0.717) is 6.04 Å². The van der Waals surface area contributed by atoms with E-state index in [1.165, 1.54) is 10.9 Å². The second-order valence-corrected chi connectivity index (χ2v) is 6.45. The van der Waals surface area contributed by atoms with Crippen LogP contribution >= 0.6 is 11.8 Å². The van der Waals surface area contributed by atoms with E-state index in [4.69, 9.17) is 4.99 Å². The highest BCUT2D eigenvalue weighted by molar-refractivity contribution is 8.14. The summed E-state index contributed by atoms with van der Waals surface area (Å²) in [6, 6.07) is 11.2. The summed E-state index contributed by atoms with van der Waals surface area (Å²) in [6.07, 6.45) is 5.00. The molecule has 1 N–H and O–H groups in total. The van der Waals surface area contributed by atoms with Gasteiger partial charge in [-0.25, -0.2) is 0 Å². The normalized spacial score (nSPS) is 27.8. The minimum Gasteiger partial charge on any atom is -0.363 e. The van der Waals surface area contributed by atoms with Crippen LogP contribution < -0.4 is 0 Å². The van der Waals surface area contributed by atoms with Gasteiger partial charge in [-0.05, 0) is 30.7 Å². The van der Waals surface area contributed by atoms with E-state index in [2.05, 4.69) is 40.0 Å². The number of thioether (sulfide) groups is 1. The minimum atomic E-state index is 0.0849. The number of H-pyrrole nitrogens is 1. The number of rotatable bonds is 3. The first kappa shape index (κ1) is 13.0. The zero-order chi connectivity index (χ0) is 14.2. The topological polar surface area (TPSA) is 44.3 Å². The Hall–Kier alpha value is -1.75. The number of pyridine rings is 1. The van der Waals surface area contributed by atoms with Crippen LogP contribution in [0.2, 0.25) is 0 Å². The molecule has 0 saturated carbocycles. The molecule has 108 valence electrons. The summed E-state index contributed by atoms with van der Waals surface area (Å²) in [5.74, 6) is 1.14. The second kappa shape index (κ2) is 5.22. The molecule has 2 aliphatic rings. The Morgan fingerprint density at radius 3 is 3.00 bits per heavy atom. The lowest BCUT2D eigenvalue weighted by Crippen LogP contribution is -2.35.